The molecule has 3 rings (SSSR count). The van der Waals surface area contributed by atoms with Gasteiger partial charge in [0, 0.05) is 25.3 Å². The van der Waals surface area contributed by atoms with Crippen LogP contribution in [0.15, 0.2) is 23.2 Å². The Hall–Kier alpha value is -0.910. The Balaban J connectivity index is 0.00000192. The number of hydrogen-bond acceptors (Lipinski definition) is 3. The molecule has 1 atom stereocenters. The number of halogens is 2. The van der Waals surface area contributed by atoms with E-state index in [0.717, 1.165) is 16.5 Å². The minimum atomic E-state index is -0.00382. The number of rotatable bonds is 4. The first-order chi connectivity index (χ1) is 10.5. The van der Waals surface area contributed by atoms with E-state index in [0.29, 0.717) is 23.2 Å². The molecule has 0 spiro atoms. The fourth-order valence-corrected chi connectivity index (χ4v) is 3.90. The minimum Gasteiger partial charge on any atom is -0.350 e. The zero-order chi connectivity index (χ0) is 15.7. The molecule has 1 saturated heterocycles. The van der Waals surface area contributed by atoms with Crippen molar-refractivity contribution in [3.05, 3.63) is 28.8 Å². The van der Waals surface area contributed by atoms with Gasteiger partial charge in [-0.2, -0.15) is 0 Å². The maximum absolute atomic E-state index is 12.2. The average Bonchev–Trinajstić information content (AvgIpc) is 3.22. The first-order valence-corrected chi connectivity index (χ1v) is 8.88. The predicted octanol–water partition coefficient (Wildman–Crippen LogP) is 3.96. The second-order valence-electron chi connectivity index (χ2n) is 5.95. The highest BCUT2D eigenvalue weighted by molar-refractivity contribution is 8.14. The van der Waals surface area contributed by atoms with Crippen molar-refractivity contribution in [1.29, 1.82) is 0 Å². The van der Waals surface area contributed by atoms with Gasteiger partial charge in [-0.05, 0) is 37.5 Å². The van der Waals surface area contributed by atoms with E-state index in [1.807, 2.05) is 32.2 Å². The summed E-state index contributed by atoms with van der Waals surface area (Å²) in [5.41, 5.74) is 1.76. The monoisotopic (exact) mass is 373 g/mol. The van der Waals surface area contributed by atoms with Crippen molar-refractivity contribution in [2.75, 3.05) is 18.1 Å². The lowest BCUT2D eigenvalue weighted by Crippen LogP contribution is -2.33. The van der Waals surface area contributed by atoms with Gasteiger partial charge in [-0.3, -0.25) is 9.79 Å². The molecule has 4 nitrogen and oxygen atoms in total. The first kappa shape index (κ1) is 18.4. The SMILES string of the molecule is Cc1ccc(NC(=O)CC2CS/C(=N\C3CC3)N2C)c(Cl)c1.Cl. The number of amidine groups is 1. The van der Waals surface area contributed by atoms with E-state index in [2.05, 4.69) is 15.2 Å². The summed E-state index contributed by atoms with van der Waals surface area (Å²) in [6.07, 6.45) is 2.86. The fourth-order valence-electron chi connectivity index (χ4n) is 2.36. The van der Waals surface area contributed by atoms with Crippen LogP contribution in [-0.2, 0) is 4.79 Å². The van der Waals surface area contributed by atoms with Crippen LogP contribution in [0.1, 0.15) is 24.8 Å². The summed E-state index contributed by atoms with van der Waals surface area (Å²) >= 11 is 7.91. The average molecular weight is 374 g/mol. The van der Waals surface area contributed by atoms with Crippen LogP contribution in [0.2, 0.25) is 5.02 Å². The molecule has 1 N–H and O–H groups in total. The summed E-state index contributed by atoms with van der Waals surface area (Å²) in [6, 6.07) is 6.37. The molecule has 0 radical (unpaired) electrons. The van der Waals surface area contributed by atoms with E-state index >= 15 is 0 Å². The molecule has 1 aliphatic heterocycles. The van der Waals surface area contributed by atoms with Gasteiger partial charge in [0.1, 0.15) is 0 Å². The van der Waals surface area contributed by atoms with E-state index in [1.54, 1.807) is 11.8 Å². The molecule has 1 heterocycles. The lowest BCUT2D eigenvalue weighted by atomic mass is 10.2. The molecule has 126 valence electrons. The summed E-state index contributed by atoms with van der Waals surface area (Å²) in [5.74, 6) is 0.910. The molecule has 2 fully saturated rings. The van der Waals surface area contributed by atoms with Gasteiger partial charge in [-0.1, -0.05) is 29.4 Å². The molecule has 1 saturated carbocycles. The number of nitrogens with one attached hydrogen (secondary N) is 1. The Morgan fingerprint density at radius 2 is 2.22 bits per heavy atom. The van der Waals surface area contributed by atoms with Crippen LogP contribution in [0, 0.1) is 6.92 Å². The Labute approximate surface area is 152 Å². The quantitative estimate of drug-likeness (QED) is 0.868. The van der Waals surface area contributed by atoms with Crippen molar-refractivity contribution < 1.29 is 4.79 Å². The van der Waals surface area contributed by atoms with Gasteiger partial charge in [0.25, 0.3) is 0 Å². The Kier molecular flexibility index (Phi) is 6.23. The maximum atomic E-state index is 12.2. The number of hydrogen-bond donors (Lipinski definition) is 1. The van der Waals surface area contributed by atoms with Gasteiger partial charge < -0.3 is 10.2 Å². The molecule has 23 heavy (non-hydrogen) atoms. The third kappa shape index (κ3) is 4.78. The smallest absolute Gasteiger partial charge is 0.226 e. The van der Waals surface area contributed by atoms with Crippen molar-refractivity contribution >= 4 is 52.5 Å². The summed E-state index contributed by atoms with van der Waals surface area (Å²) < 4.78 is 0. The zero-order valence-electron chi connectivity index (χ0n) is 13.2. The van der Waals surface area contributed by atoms with Crippen LogP contribution in [0.3, 0.4) is 0 Å². The predicted molar refractivity (Wildman–Crippen MR) is 101 cm³/mol. The molecule has 1 aromatic rings. The largest absolute Gasteiger partial charge is 0.350 e. The van der Waals surface area contributed by atoms with Crippen molar-refractivity contribution in [3.63, 3.8) is 0 Å². The third-order valence-electron chi connectivity index (χ3n) is 3.91. The number of anilines is 1. The number of amides is 1. The van der Waals surface area contributed by atoms with Crippen molar-refractivity contribution in [1.82, 2.24) is 4.90 Å². The summed E-state index contributed by atoms with van der Waals surface area (Å²) in [7, 11) is 2.03. The lowest BCUT2D eigenvalue weighted by Gasteiger charge is -2.20. The highest BCUT2D eigenvalue weighted by atomic mass is 35.5. The molecule has 0 bridgehead atoms. The summed E-state index contributed by atoms with van der Waals surface area (Å²) in [4.78, 5) is 19.1. The van der Waals surface area contributed by atoms with Crippen molar-refractivity contribution in [2.24, 2.45) is 4.99 Å². The van der Waals surface area contributed by atoms with Crippen LogP contribution >= 0.6 is 35.8 Å². The highest BCUT2D eigenvalue weighted by Crippen LogP contribution is 2.31. The highest BCUT2D eigenvalue weighted by Gasteiger charge is 2.31. The number of carbonyl (C=O) groups excluding carboxylic acids is 1. The van der Waals surface area contributed by atoms with Crippen LogP contribution in [0.5, 0.6) is 0 Å². The lowest BCUT2D eigenvalue weighted by molar-refractivity contribution is -0.116. The molecule has 1 aliphatic carbocycles. The standard InChI is InChI=1S/C16H20ClN3OS.ClH/c1-10-3-6-14(13(17)7-10)19-15(21)8-12-9-22-16(20(12)2)18-11-4-5-11;/h3,6-7,11-12H,4-5,8-9H2,1-2H3,(H,19,21);1H/b18-16-;. The van der Waals surface area contributed by atoms with Gasteiger partial charge in [0.05, 0.1) is 16.8 Å². The van der Waals surface area contributed by atoms with Gasteiger partial charge in [0.2, 0.25) is 5.91 Å². The Bertz CT molecular complexity index is 619. The molecule has 1 aromatic carbocycles. The van der Waals surface area contributed by atoms with E-state index in [1.165, 1.54) is 12.8 Å². The van der Waals surface area contributed by atoms with E-state index < -0.39 is 0 Å². The molecule has 2 aliphatic rings. The van der Waals surface area contributed by atoms with Crippen molar-refractivity contribution in [2.45, 2.75) is 38.3 Å². The van der Waals surface area contributed by atoms with Crippen LogP contribution in [0.25, 0.3) is 0 Å². The number of carbonyl (C=O) groups is 1. The van der Waals surface area contributed by atoms with Crippen molar-refractivity contribution in [3.8, 4) is 0 Å². The number of aliphatic imine (C=N–C) groups is 1. The summed E-state index contributed by atoms with van der Waals surface area (Å²) in [5, 5.41) is 4.57. The van der Waals surface area contributed by atoms with Crippen LogP contribution in [-0.4, -0.2) is 40.9 Å². The van der Waals surface area contributed by atoms with Crippen LogP contribution in [0.4, 0.5) is 5.69 Å². The number of nitrogens with zero attached hydrogens (tertiary/aromatic N) is 2. The zero-order valence-corrected chi connectivity index (χ0v) is 15.6. The molecule has 0 aromatic heterocycles. The van der Waals surface area contributed by atoms with Crippen LogP contribution < -0.4 is 5.32 Å². The fraction of sp³-hybridized carbons (Fsp3) is 0.500. The minimum absolute atomic E-state index is 0. The van der Waals surface area contributed by atoms with Gasteiger partial charge in [-0.15, -0.1) is 12.4 Å². The number of benzene rings is 1. The molecular weight excluding hydrogens is 353 g/mol. The van der Waals surface area contributed by atoms with Gasteiger partial charge in [-0.25, -0.2) is 0 Å². The van der Waals surface area contributed by atoms with Gasteiger partial charge in [0.15, 0.2) is 5.17 Å². The second-order valence-corrected chi connectivity index (χ2v) is 7.35. The molecule has 1 unspecified atom stereocenters. The molecular formula is C16H21Cl2N3OS. The summed E-state index contributed by atoms with van der Waals surface area (Å²) in [6.45, 7) is 1.98. The molecule has 7 heteroatoms. The first-order valence-electron chi connectivity index (χ1n) is 7.52. The normalized spacial score (nSPS) is 22.1. The van der Waals surface area contributed by atoms with E-state index in [-0.39, 0.29) is 24.4 Å². The van der Waals surface area contributed by atoms with Gasteiger partial charge >= 0.3 is 0 Å². The maximum Gasteiger partial charge on any atom is 0.226 e. The van der Waals surface area contributed by atoms with E-state index in [9.17, 15) is 4.79 Å². The topological polar surface area (TPSA) is 44.7 Å². The van der Waals surface area contributed by atoms with E-state index in [4.69, 9.17) is 11.6 Å². The molecule has 1 amide bonds. The number of thioether (sulfide) groups is 1. The Morgan fingerprint density at radius 1 is 1.48 bits per heavy atom. The second kappa shape index (κ2) is 7.77. The number of aryl methyl sites for hydroxylation is 1. The Morgan fingerprint density at radius 3 is 2.87 bits per heavy atom. The third-order valence-corrected chi connectivity index (χ3v) is 5.43.